The third kappa shape index (κ3) is 30.0. The van der Waals surface area contributed by atoms with Crippen LogP contribution in [0.4, 0.5) is 0 Å². The van der Waals surface area contributed by atoms with Crippen molar-refractivity contribution in [1.29, 1.82) is 0 Å². The lowest BCUT2D eigenvalue weighted by atomic mass is 10.0. The van der Waals surface area contributed by atoms with Crippen LogP contribution >= 0.6 is 7.60 Å². The Bertz CT molecular complexity index is 622. The minimum Gasteiger partial charge on any atom is -0.351 e. The van der Waals surface area contributed by atoms with Gasteiger partial charge in [-0.25, -0.2) is 0 Å². The van der Waals surface area contributed by atoms with Crippen molar-refractivity contribution in [2.75, 3.05) is 6.16 Å². The lowest BCUT2D eigenvalue weighted by Crippen LogP contribution is -2.34. The van der Waals surface area contributed by atoms with Crippen molar-refractivity contribution in [3.8, 4) is 0 Å². The zero-order valence-corrected chi connectivity index (χ0v) is 34.5. The molecule has 0 atom stereocenters. The van der Waals surface area contributed by atoms with Crippen LogP contribution in [0.25, 0.3) is 0 Å². The maximum Gasteiger partial charge on any atom is 0.311 e. The molecule has 0 bridgehead atoms. The molecule has 0 aliphatic rings. The summed E-state index contributed by atoms with van der Waals surface area (Å²) in [7, 11) is -7.13. The van der Waals surface area contributed by atoms with Gasteiger partial charge in [-0.1, -0.05) is 194 Å². The number of hydrogen-bond acceptors (Lipinski definition) is 3. The largest absolute Gasteiger partial charge is 0.351 e. The summed E-state index contributed by atoms with van der Waals surface area (Å²) in [6.45, 7) is 16.0. The summed E-state index contributed by atoms with van der Waals surface area (Å²) in [5.74, 6) is 0. The number of rotatable bonds is 35. The zero-order valence-electron chi connectivity index (χ0n) is 31.6. The van der Waals surface area contributed by atoms with E-state index in [0.29, 0.717) is 6.16 Å². The maximum atomic E-state index is 14.4. The molecule has 0 aliphatic carbocycles. The summed E-state index contributed by atoms with van der Waals surface area (Å²) in [6, 6.07) is 2.20. The van der Waals surface area contributed by atoms with E-state index in [0.717, 1.165) is 24.9 Å². The van der Waals surface area contributed by atoms with Crippen molar-refractivity contribution in [3.05, 3.63) is 0 Å². The van der Waals surface area contributed by atoms with E-state index in [1.807, 2.05) is 0 Å². The van der Waals surface area contributed by atoms with Crippen LogP contribution in [-0.2, 0) is 13.0 Å². The first-order chi connectivity index (χ1) is 21.1. The highest BCUT2D eigenvalue weighted by molar-refractivity contribution is 7.57. The molecule has 0 rings (SSSR count). The van der Waals surface area contributed by atoms with E-state index in [1.165, 1.54) is 167 Å². The first-order valence-electron chi connectivity index (χ1n) is 20.1. The van der Waals surface area contributed by atoms with Gasteiger partial charge in [0.15, 0.2) is 16.6 Å². The molecule has 0 aromatic heterocycles. The van der Waals surface area contributed by atoms with Crippen LogP contribution in [0.3, 0.4) is 0 Å². The van der Waals surface area contributed by atoms with Gasteiger partial charge in [-0.15, -0.1) is 0 Å². The Labute approximate surface area is 281 Å². The molecule has 0 heterocycles. The van der Waals surface area contributed by atoms with E-state index in [4.69, 9.17) is 8.43 Å². The van der Waals surface area contributed by atoms with Gasteiger partial charge < -0.3 is 8.43 Å². The summed E-state index contributed by atoms with van der Waals surface area (Å²) in [5, 5.41) is 0. The molecule has 0 spiro atoms. The monoisotopic (exact) mass is 675 g/mol. The van der Waals surface area contributed by atoms with Crippen LogP contribution in [0.2, 0.25) is 38.3 Å². The van der Waals surface area contributed by atoms with Gasteiger partial charge in [-0.05, 0) is 44.7 Å². The van der Waals surface area contributed by atoms with Gasteiger partial charge in [0.1, 0.15) is 0 Å². The molecule has 0 radical (unpaired) electrons. The highest BCUT2D eigenvalue weighted by atomic mass is 31.2. The van der Waals surface area contributed by atoms with Crippen molar-refractivity contribution in [3.63, 3.8) is 0 Å². The minimum absolute atomic E-state index is 0.630. The molecule has 0 unspecified atom stereocenters. The molecular formula is C38H83O3PSi2. The van der Waals surface area contributed by atoms with E-state index in [-0.39, 0.29) is 0 Å². The van der Waals surface area contributed by atoms with Gasteiger partial charge >= 0.3 is 7.60 Å². The average Bonchev–Trinajstić information content (AvgIpc) is 2.95. The Morgan fingerprint density at radius 1 is 0.364 bits per heavy atom. The standard InChI is InChI=1S/C38H83O3PSi2/c1-8-11-14-17-20-21-22-23-24-25-26-27-28-29-30-33-36-42(39,40-43(4,5)37-34-31-18-15-12-9-2)41-44(6,7)38-35-32-19-16-13-10-3/h8-38H2,1-7H3. The second kappa shape index (κ2) is 29.7. The third-order valence-electron chi connectivity index (χ3n) is 9.32. The average molecular weight is 675 g/mol. The molecule has 0 aromatic carbocycles. The van der Waals surface area contributed by atoms with Crippen LogP contribution in [0.1, 0.15) is 201 Å². The summed E-state index contributed by atoms with van der Waals surface area (Å²) in [5.41, 5.74) is 0. The van der Waals surface area contributed by atoms with E-state index >= 15 is 0 Å². The fourth-order valence-corrected chi connectivity index (χ4v) is 17.3. The predicted octanol–water partition coefficient (Wildman–Crippen LogP) is 15.6. The predicted molar refractivity (Wildman–Crippen MR) is 206 cm³/mol. The quantitative estimate of drug-likeness (QED) is 0.0381. The van der Waals surface area contributed by atoms with Gasteiger partial charge in [-0.3, -0.25) is 4.57 Å². The van der Waals surface area contributed by atoms with E-state index < -0.39 is 24.2 Å². The smallest absolute Gasteiger partial charge is 0.311 e. The number of unbranched alkanes of at least 4 members (excludes halogenated alkanes) is 25. The Hall–Kier alpha value is 0.584. The summed E-state index contributed by atoms with van der Waals surface area (Å²) in [6.07, 6.45) is 37.9. The van der Waals surface area contributed by atoms with E-state index in [9.17, 15) is 4.57 Å². The molecule has 0 N–H and O–H groups in total. The van der Waals surface area contributed by atoms with Crippen molar-refractivity contribution >= 4 is 24.2 Å². The molecule has 3 nitrogen and oxygen atoms in total. The highest BCUT2D eigenvalue weighted by Gasteiger charge is 2.39. The summed E-state index contributed by atoms with van der Waals surface area (Å²) < 4.78 is 27.7. The number of hydrogen-bond donors (Lipinski definition) is 0. The van der Waals surface area contributed by atoms with Gasteiger partial charge in [0.05, 0.1) is 0 Å². The van der Waals surface area contributed by atoms with Gasteiger partial charge in [0, 0.05) is 6.16 Å². The third-order valence-corrected chi connectivity index (χ3v) is 19.5. The molecule has 0 fully saturated rings. The minimum atomic E-state index is -3.06. The van der Waals surface area contributed by atoms with E-state index in [2.05, 4.69) is 47.0 Å². The molecule has 0 saturated heterocycles. The fraction of sp³-hybridized carbons (Fsp3) is 1.00. The lowest BCUT2D eigenvalue weighted by molar-refractivity contribution is 0.374. The molecule has 44 heavy (non-hydrogen) atoms. The molecule has 6 heteroatoms. The molecule has 0 aliphatic heterocycles. The first-order valence-corrected chi connectivity index (χ1v) is 28.1. The maximum absolute atomic E-state index is 14.4. The van der Waals surface area contributed by atoms with Gasteiger partial charge in [0.25, 0.3) is 0 Å². The van der Waals surface area contributed by atoms with Crippen LogP contribution in [-0.4, -0.2) is 22.8 Å². The second-order valence-corrected chi connectivity index (χ2v) is 26.5. The molecular weight excluding hydrogens is 592 g/mol. The molecule has 0 amide bonds. The Morgan fingerprint density at radius 2 is 0.591 bits per heavy atom. The van der Waals surface area contributed by atoms with Crippen LogP contribution < -0.4 is 0 Å². The van der Waals surface area contributed by atoms with Crippen LogP contribution in [0.15, 0.2) is 0 Å². The van der Waals surface area contributed by atoms with Gasteiger partial charge in [0.2, 0.25) is 0 Å². The molecule has 0 saturated carbocycles. The van der Waals surface area contributed by atoms with Crippen LogP contribution in [0.5, 0.6) is 0 Å². The van der Waals surface area contributed by atoms with Crippen molar-refractivity contribution in [2.45, 2.75) is 239 Å². The summed E-state index contributed by atoms with van der Waals surface area (Å²) >= 11 is 0. The normalized spacial score (nSPS) is 12.8. The summed E-state index contributed by atoms with van der Waals surface area (Å²) in [4.78, 5) is 0. The lowest BCUT2D eigenvalue weighted by Gasteiger charge is -2.34. The van der Waals surface area contributed by atoms with Crippen molar-refractivity contribution in [2.24, 2.45) is 0 Å². The molecule has 266 valence electrons. The van der Waals surface area contributed by atoms with Crippen LogP contribution in [0, 0.1) is 0 Å². The second-order valence-electron chi connectivity index (χ2n) is 15.4. The highest BCUT2D eigenvalue weighted by Crippen LogP contribution is 2.55. The van der Waals surface area contributed by atoms with Crippen molar-refractivity contribution < 1.29 is 13.0 Å². The molecule has 0 aromatic rings. The zero-order chi connectivity index (χ0) is 32.8. The Morgan fingerprint density at radius 3 is 0.864 bits per heavy atom. The van der Waals surface area contributed by atoms with E-state index in [1.54, 1.807) is 0 Å². The Kier molecular flexibility index (Phi) is 30.1. The fourth-order valence-electron chi connectivity index (χ4n) is 6.47. The topological polar surface area (TPSA) is 35.5 Å². The first kappa shape index (κ1) is 44.6. The van der Waals surface area contributed by atoms with Gasteiger partial charge in [-0.2, -0.15) is 0 Å². The Balaban J connectivity index is 4.50. The van der Waals surface area contributed by atoms with Crippen molar-refractivity contribution in [1.82, 2.24) is 0 Å². The SMILES string of the molecule is CCCCCCCCCCCCCCCCCCP(=O)(O[Si](C)(C)CCCCCCCC)O[Si](C)(C)CCCCCCCC.